The molecule has 0 aromatic heterocycles. The Labute approximate surface area is 139 Å². The van der Waals surface area contributed by atoms with Gasteiger partial charge in [0.15, 0.2) is 0 Å². The summed E-state index contributed by atoms with van der Waals surface area (Å²) in [6.45, 7) is 12.6. The molecule has 1 aromatic rings. The van der Waals surface area contributed by atoms with Crippen LogP contribution in [0.1, 0.15) is 33.3 Å². The second kappa shape index (κ2) is 11.3. The minimum absolute atomic E-state index is 0. The standard InChI is InChI=1S/C15H24N.BrH.Mg/c1-13(2)10-16(11-14(3)4)12-15-8-6-5-7-9-15;;/h6-9,13-14H,10-12H2,1-4H3;1H;/q-1;;+2/p-1. The van der Waals surface area contributed by atoms with Crippen LogP contribution in [0.5, 0.6) is 0 Å². The van der Waals surface area contributed by atoms with Crippen LogP contribution in [0.25, 0.3) is 0 Å². The molecule has 1 rings (SSSR count). The summed E-state index contributed by atoms with van der Waals surface area (Å²) in [7, 11) is 0. The molecule has 3 heteroatoms. The fourth-order valence-corrected chi connectivity index (χ4v) is 2.02. The van der Waals surface area contributed by atoms with E-state index in [1.165, 1.54) is 18.7 Å². The molecule has 0 aliphatic rings. The second-order valence-corrected chi connectivity index (χ2v) is 5.39. The number of rotatable bonds is 6. The molecule has 0 N–H and O–H groups in total. The average molecular weight is 323 g/mol. The zero-order valence-corrected chi connectivity index (χ0v) is 15.1. The molecule has 0 fully saturated rings. The summed E-state index contributed by atoms with van der Waals surface area (Å²) < 4.78 is 0. The van der Waals surface area contributed by atoms with Crippen molar-refractivity contribution in [1.29, 1.82) is 0 Å². The van der Waals surface area contributed by atoms with Gasteiger partial charge >= 0.3 is 23.1 Å². The Morgan fingerprint density at radius 3 is 1.83 bits per heavy atom. The molecule has 18 heavy (non-hydrogen) atoms. The predicted octanol–water partition coefficient (Wildman–Crippen LogP) is 0.224. The first-order valence-electron chi connectivity index (χ1n) is 6.25. The van der Waals surface area contributed by atoms with Gasteiger partial charge in [-0.3, -0.25) is 0 Å². The fourth-order valence-electron chi connectivity index (χ4n) is 2.02. The maximum atomic E-state index is 3.07. The quantitative estimate of drug-likeness (QED) is 0.535. The van der Waals surface area contributed by atoms with Gasteiger partial charge < -0.3 is 21.9 Å². The van der Waals surface area contributed by atoms with Gasteiger partial charge in [-0.25, -0.2) is 0 Å². The van der Waals surface area contributed by atoms with E-state index in [0.29, 0.717) is 0 Å². The van der Waals surface area contributed by atoms with Gasteiger partial charge in [-0.05, 0) is 11.8 Å². The van der Waals surface area contributed by atoms with Crippen LogP contribution < -0.4 is 17.0 Å². The van der Waals surface area contributed by atoms with Gasteiger partial charge in [0.1, 0.15) is 0 Å². The van der Waals surface area contributed by atoms with Crippen molar-refractivity contribution >= 4 is 23.1 Å². The summed E-state index contributed by atoms with van der Waals surface area (Å²) in [6, 6.07) is 11.4. The Balaban J connectivity index is 0. The molecule has 0 saturated heterocycles. The van der Waals surface area contributed by atoms with Gasteiger partial charge in [0.25, 0.3) is 0 Å². The van der Waals surface area contributed by atoms with Gasteiger partial charge in [0.05, 0.1) is 0 Å². The zero-order valence-electron chi connectivity index (χ0n) is 12.1. The molecule has 0 aliphatic heterocycles. The van der Waals surface area contributed by atoms with Crippen molar-refractivity contribution in [2.75, 3.05) is 13.1 Å². The first-order valence-corrected chi connectivity index (χ1v) is 6.25. The van der Waals surface area contributed by atoms with Crippen molar-refractivity contribution in [2.45, 2.75) is 34.2 Å². The second-order valence-electron chi connectivity index (χ2n) is 5.39. The summed E-state index contributed by atoms with van der Waals surface area (Å²) >= 11 is 0. The van der Waals surface area contributed by atoms with E-state index in [1.54, 1.807) is 0 Å². The molecular weight excluding hydrogens is 298 g/mol. The molecule has 0 amide bonds. The maximum absolute atomic E-state index is 3.07. The zero-order chi connectivity index (χ0) is 12.0. The Hall–Kier alpha value is 0.426. The van der Waals surface area contributed by atoms with Crippen LogP contribution in [0.15, 0.2) is 24.3 Å². The third-order valence-corrected chi connectivity index (χ3v) is 2.44. The van der Waals surface area contributed by atoms with Gasteiger partial charge in [-0.15, -0.1) is 5.56 Å². The molecular formula is C15H24BrMgN. The number of nitrogens with zero attached hydrogens (tertiary/aromatic N) is 1. The molecule has 1 aromatic carbocycles. The Kier molecular flexibility index (Phi) is 13.0. The van der Waals surface area contributed by atoms with Crippen LogP contribution in [0.2, 0.25) is 0 Å². The average Bonchev–Trinajstić information content (AvgIpc) is 2.16. The van der Waals surface area contributed by atoms with Crippen molar-refractivity contribution in [2.24, 2.45) is 11.8 Å². The third-order valence-electron chi connectivity index (χ3n) is 2.44. The number of hydrogen-bond acceptors (Lipinski definition) is 1. The molecule has 0 radical (unpaired) electrons. The van der Waals surface area contributed by atoms with Crippen LogP contribution in [0, 0.1) is 17.9 Å². The van der Waals surface area contributed by atoms with E-state index in [2.05, 4.69) is 50.8 Å². The fraction of sp³-hybridized carbons (Fsp3) is 0.600. The number of hydrogen-bond donors (Lipinski definition) is 0. The van der Waals surface area contributed by atoms with Crippen LogP contribution >= 0.6 is 0 Å². The Morgan fingerprint density at radius 2 is 1.44 bits per heavy atom. The van der Waals surface area contributed by atoms with E-state index >= 15 is 0 Å². The summed E-state index contributed by atoms with van der Waals surface area (Å²) in [5.41, 5.74) is 1.39. The minimum Gasteiger partial charge on any atom is -1.00 e. The maximum Gasteiger partial charge on any atom is 2.00 e. The molecule has 0 saturated carbocycles. The molecule has 0 heterocycles. The summed E-state index contributed by atoms with van der Waals surface area (Å²) in [4.78, 5) is 2.55. The van der Waals surface area contributed by atoms with Crippen LogP contribution in [-0.2, 0) is 6.54 Å². The topological polar surface area (TPSA) is 3.24 Å². The SMILES string of the molecule is CC(C)CN(Cc1cc[c-]cc1)CC(C)C.[Br-].[Mg+2]. The first-order chi connectivity index (χ1) is 7.58. The van der Waals surface area contributed by atoms with Crippen LogP contribution in [0.3, 0.4) is 0 Å². The van der Waals surface area contributed by atoms with E-state index < -0.39 is 0 Å². The van der Waals surface area contributed by atoms with Gasteiger partial charge in [0, 0.05) is 19.6 Å². The van der Waals surface area contributed by atoms with Crippen molar-refractivity contribution in [3.63, 3.8) is 0 Å². The van der Waals surface area contributed by atoms with Crippen molar-refractivity contribution in [1.82, 2.24) is 4.90 Å². The molecule has 98 valence electrons. The molecule has 0 atom stereocenters. The largest absolute Gasteiger partial charge is 2.00 e. The number of benzene rings is 1. The van der Waals surface area contributed by atoms with Gasteiger partial charge in [-0.1, -0.05) is 27.7 Å². The van der Waals surface area contributed by atoms with E-state index in [4.69, 9.17) is 0 Å². The number of halogens is 1. The van der Waals surface area contributed by atoms with Crippen molar-refractivity contribution in [3.05, 3.63) is 35.9 Å². The molecule has 0 bridgehead atoms. The van der Waals surface area contributed by atoms with Gasteiger partial charge in [0.2, 0.25) is 0 Å². The smallest absolute Gasteiger partial charge is 1.00 e. The normalized spacial score (nSPS) is 10.4. The summed E-state index contributed by atoms with van der Waals surface area (Å²) in [5.74, 6) is 1.46. The molecule has 0 aliphatic carbocycles. The summed E-state index contributed by atoms with van der Waals surface area (Å²) in [5, 5.41) is 0. The van der Waals surface area contributed by atoms with E-state index in [0.717, 1.165) is 18.4 Å². The molecule has 0 spiro atoms. The predicted molar refractivity (Wildman–Crippen MR) is 76.0 cm³/mol. The van der Waals surface area contributed by atoms with E-state index in [-0.39, 0.29) is 40.0 Å². The first kappa shape index (κ1) is 20.7. The Morgan fingerprint density at radius 1 is 1.00 bits per heavy atom. The van der Waals surface area contributed by atoms with Gasteiger partial charge in [-0.2, -0.15) is 30.3 Å². The van der Waals surface area contributed by atoms with Crippen molar-refractivity contribution in [3.8, 4) is 0 Å². The van der Waals surface area contributed by atoms with E-state index in [9.17, 15) is 0 Å². The Bertz CT molecular complexity index is 278. The summed E-state index contributed by atoms with van der Waals surface area (Å²) in [6.07, 6.45) is 0. The van der Waals surface area contributed by atoms with Crippen LogP contribution in [0.4, 0.5) is 0 Å². The third kappa shape index (κ3) is 9.37. The molecule has 0 unspecified atom stereocenters. The monoisotopic (exact) mass is 321 g/mol. The van der Waals surface area contributed by atoms with Crippen LogP contribution in [-0.4, -0.2) is 41.0 Å². The minimum atomic E-state index is 0. The van der Waals surface area contributed by atoms with Crippen molar-refractivity contribution < 1.29 is 17.0 Å². The van der Waals surface area contributed by atoms with E-state index in [1.807, 2.05) is 12.1 Å². The molecule has 1 nitrogen and oxygen atoms in total.